The van der Waals surface area contributed by atoms with Gasteiger partial charge in [0.25, 0.3) is 11.5 Å². The van der Waals surface area contributed by atoms with E-state index in [1.165, 1.54) is 30.3 Å². The highest BCUT2D eigenvalue weighted by Crippen LogP contribution is 2.12. The summed E-state index contributed by atoms with van der Waals surface area (Å²) in [5, 5.41) is 2.70. The minimum atomic E-state index is -0.299. The Morgan fingerprint density at radius 2 is 2.25 bits per heavy atom. The summed E-state index contributed by atoms with van der Waals surface area (Å²) in [7, 11) is 1.45. The molecule has 0 unspecified atom stereocenters. The van der Waals surface area contributed by atoms with Gasteiger partial charge in [-0.05, 0) is 12.1 Å². The molecule has 0 aliphatic heterocycles. The molecule has 7 heteroatoms. The number of nitrogens with zero attached hydrogens (tertiary/aromatic N) is 3. The molecule has 0 fully saturated rings. The highest BCUT2D eigenvalue weighted by molar-refractivity contribution is 5.96. The number of nitrogens with one attached hydrogen (secondary N) is 1. The van der Waals surface area contributed by atoms with Crippen molar-refractivity contribution in [2.24, 2.45) is 0 Å². The summed E-state index contributed by atoms with van der Waals surface area (Å²) in [6.07, 6.45) is 4.40. The SMILES string of the molecule is COc1ncccc1C(=O)NCCn1cnccc1=O. The average Bonchev–Trinajstić information content (AvgIpc) is 2.49. The number of amides is 1. The molecule has 2 heterocycles. The largest absolute Gasteiger partial charge is 0.480 e. The first-order chi connectivity index (χ1) is 9.72. The number of hydrogen-bond donors (Lipinski definition) is 1. The van der Waals surface area contributed by atoms with Gasteiger partial charge in [0.15, 0.2) is 0 Å². The quantitative estimate of drug-likeness (QED) is 0.834. The van der Waals surface area contributed by atoms with Gasteiger partial charge >= 0.3 is 0 Å². The number of carbonyl (C=O) groups is 1. The summed E-state index contributed by atoms with van der Waals surface area (Å²) in [6, 6.07) is 4.65. The van der Waals surface area contributed by atoms with Gasteiger partial charge in [0.05, 0.1) is 13.4 Å². The predicted molar refractivity (Wildman–Crippen MR) is 71.6 cm³/mol. The van der Waals surface area contributed by atoms with Crippen LogP contribution in [0.1, 0.15) is 10.4 Å². The van der Waals surface area contributed by atoms with Gasteiger partial charge in [-0.3, -0.25) is 14.2 Å². The number of aromatic nitrogens is 3. The molecular weight excluding hydrogens is 260 g/mol. The van der Waals surface area contributed by atoms with Gasteiger partial charge < -0.3 is 10.1 Å². The van der Waals surface area contributed by atoms with Crippen molar-refractivity contribution >= 4 is 5.91 Å². The summed E-state index contributed by atoms with van der Waals surface area (Å²) in [6.45, 7) is 0.656. The van der Waals surface area contributed by atoms with Crippen molar-refractivity contribution in [3.8, 4) is 5.88 Å². The zero-order valence-corrected chi connectivity index (χ0v) is 10.9. The normalized spacial score (nSPS) is 10.1. The Kier molecular flexibility index (Phi) is 4.43. The molecule has 0 saturated carbocycles. The smallest absolute Gasteiger partial charge is 0.256 e. The lowest BCUT2D eigenvalue weighted by Crippen LogP contribution is -2.30. The van der Waals surface area contributed by atoms with E-state index in [0.29, 0.717) is 18.7 Å². The molecule has 20 heavy (non-hydrogen) atoms. The summed E-state index contributed by atoms with van der Waals surface area (Å²) < 4.78 is 6.43. The van der Waals surface area contributed by atoms with Crippen LogP contribution in [0, 0.1) is 0 Å². The van der Waals surface area contributed by atoms with Gasteiger partial charge in [-0.25, -0.2) is 9.97 Å². The van der Waals surface area contributed by atoms with E-state index in [0.717, 1.165) is 0 Å². The molecule has 0 aliphatic carbocycles. The lowest BCUT2D eigenvalue weighted by molar-refractivity contribution is 0.0948. The minimum absolute atomic E-state index is 0.159. The molecule has 0 saturated heterocycles. The molecule has 0 radical (unpaired) electrons. The minimum Gasteiger partial charge on any atom is -0.480 e. The van der Waals surface area contributed by atoms with E-state index in [9.17, 15) is 9.59 Å². The maximum atomic E-state index is 12.0. The number of rotatable bonds is 5. The van der Waals surface area contributed by atoms with Crippen LogP contribution in [-0.4, -0.2) is 34.1 Å². The molecule has 104 valence electrons. The van der Waals surface area contributed by atoms with Crippen LogP contribution < -0.4 is 15.6 Å². The molecule has 2 aromatic rings. The van der Waals surface area contributed by atoms with E-state index in [1.807, 2.05) is 0 Å². The van der Waals surface area contributed by atoms with Gasteiger partial charge in [-0.2, -0.15) is 0 Å². The molecule has 0 aromatic carbocycles. The number of hydrogen-bond acceptors (Lipinski definition) is 5. The first-order valence-electron chi connectivity index (χ1n) is 6.00. The maximum Gasteiger partial charge on any atom is 0.256 e. The molecule has 0 spiro atoms. The lowest BCUT2D eigenvalue weighted by atomic mass is 10.2. The van der Waals surface area contributed by atoms with Crippen LogP contribution >= 0.6 is 0 Å². The van der Waals surface area contributed by atoms with Crippen molar-refractivity contribution in [2.75, 3.05) is 13.7 Å². The third-order valence-corrected chi connectivity index (χ3v) is 2.64. The fourth-order valence-corrected chi connectivity index (χ4v) is 1.66. The second-order valence-corrected chi connectivity index (χ2v) is 3.93. The average molecular weight is 274 g/mol. The van der Waals surface area contributed by atoms with E-state index in [4.69, 9.17) is 4.74 Å². The van der Waals surface area contributed by atoms with E-state index in [2.05, 4.69) is 15.3 Å². The molecule has 0 aliphatic rings. The molecule has 1 N–H and O–H groups in total. The summed E-state index contributed by atoms with van der Waals surface area (Å²) in [5.74, 6) is -0.0320. The van der Waals surface area contributed by atoms with Gasteiger partial charge in [-0.15, -0.1) is 0 Å². The highest BCUT2D eigenvalue weighted by atomic mass is 16.5. The van der Waals surface area contributed by atoms with Crippen LogP contribution in [0.15, 0.2) is 41.7 Å². The summed E-state index contributed by atoms with van der Waals surface area (Å²) >= 11 is 0. The first-order valence-corrected chi connectivity index (χ1v) is 6.00. The lowest BCUT2D eigenvalue weighted by Gasteiger charge is -2.08. The molecule has 2 rings (SSSR count). The second-order valence-electron chi connectivity index (χ2n) is 3.93. The molecule has 2 aromatic heterocycles. The van der Waals surface area contributed by atoms with Gasteiger partial charge in [0, 0.05) is 31.5 Å². The molecule has 1 amide bonds. The summed E-state index contributed by atoms with van der Waals surface area (Å²) in [5.41, 5.74) is 0.196. The number of carbonyl (C=O) groups excluding carboxylic acids is 1. The Balaban J connectivity index is 1.96. The Bertz CT molecular complexity index is 654. The van der Waals surface area contributed by atoms with E-state index < -0.39 is 0 Å². The molecule has 0 bridgehead atoms. The third kappa shape index (κ3) is 3.19. The fourth-order valence-electron chi connectivity index (χ4n) is 1.66. The van der Waals surface area contributed by atoms with Crippen molar-refractivity contribution in [1.82, 2.24) is 19.9 Å². The Hall–Kier alpha value is -2.70. The number of ether oxygens (including phenoxy) is 1. The highest BCUT2D eigenvalue weighted by Gasteiger charge is 2.11. The predicted octanol–water partition coefficient (Wildman–Crippen LogP) is 0.0769. The third-order valence-electron chi connectivity index (χ3n) is 2.64. The van der Waals surface area contributed by atoms with Gasteiger partial charge in [0.1, 0.15) is 5.56 Å². The molecule has 0 atom stereocenters. The van der Waals surface area contributed by atoms with Crippen molar-refractivity contribution in [1.29, 1.82) is 0 Å². The maximum absolute atomic E-state index is 12.0. The Labute approximate surface area is 115 Å². The fraction of sp³-hybridized carbons (Fsp3) is 0.231. The zero-order valence-electron chi connectivity index (χ0n) is 10.9. The number of methoxy groups -OCH3 is 1. The topological polar surface area (TPSA) is 86.1 Å². The van der Waals surface area contributed by atoms with Crippen LogP contribution in [-0.2, 0) is 6.54 Å². The van der Waals surface area contributed by atoms with Crippen molar-refractivity contribution in [3.63, 3.8) is 0 Å². The Morgan fingerprint density at radius 3 is 3.00 bits per heavy atom. The summed E-state index contributed by atoms with van der Waals surface area (Å²) in [4.78, 5) is 31.2. The molecular formula is C13H14N4O3. The monoisotopic (exact) mass is 274 g/mol. The number of pyridine rings is 1. The standard InChI is InChI=1S/C13H14N4O3/c1-20-13-10(3-2-5-16-13)12(19)15-7-8-17-9-14-6-4-11(17)18/h2-6,9H,7-8H2,1H3,(H,15,19). The van der Waals surface area contributed by atoms with Crippen molar-refractivity contribution in [3.05, 3.63) is 52.8 Å². The van der Waals surface area contributed by atoms with E-state index in [1.54, 1.807) is 18.3 Å². The first kappa shape index (κ1) is 13.7. The zero-order chi connectivity index (χ0) is 14.4. The van der Waals surface area contributed by atoms with Crippen LogP contribution in [0.25, 0.3) is 0 Å². The van der Waals surface area contributed by atoms with Crippen molar-refractivity contribution < 1.29 is 9.53 Å². The van der Waals surface area contributed by atoms with Gasteiger partial charge in [-0.1, -0.05) is 0 Å². The van der Waals surface area contributed by atoms with Crippen LogP contribution in [0.2, 0.25) is 0 Å². The van der Waals surface area contributed by atoms with Crippen molar-refractivity contribution in [2.45, 2.75) is 6.54 Å². The van der Waals surface area contributed by atoms with Crippen LogP contribution in [0.5, 0.6) is 5.88 Å². The Morgan fingerprint density at radius 1 is 1.40 bits per heavy atom. The van der Waals surface area contributed by atoms with Crippen LogP contribution in [0.4, 0.5) is 0 Å². The van der Waals surface area contributed by atoms with Gasteiger partial charge in [0.2, 0.25) is 5.88 Å². The molecule has 7 nitrogen and oxygen atoms in total. The van der Waals surface area contributed by atoms with E-state index >= 15 is 0 Å². The van der Waals surface area contributed by atoms with Crippen LogP contribution in [0.3, 0.4) is 0 Å². The second kappa shape index (κ2) is 6.46. The van der Waals surface area contributed by atoms with E-state index in [-0.39, 0.29) is 17.3 Å².